The summed E-state index contributed by atoms with van der Waals surface area (Å²) in [4.78, 5) is 21.1. The Morgan fingerprint density at radius 3 is 2.57 bits per heavy atom. The first kappa shape index (κ1) is 19.8. The lowest BCUT2D eigenvalue weighted by Crippen LogP contribution is -2.50. The molecule has 1 aliphatic heterocycles. The number of ether oxygens (including phenoxy) is 1. The zero-order valence-electron chi connectivity index (χ0n) is 17.4. The molecule has 156 valence electrons. The van der Waals surface area contributed by atoms with Crippen LogP contribution in [0, 0.1) is 13.8 Å². The molecular formula is C22H25N5O3. The fourth-order valence-electron chi connectivity index (χ4n) is 3.60. The molecule has 0 aliphatic carbocycles. The van der Waals surface area contributed by atoms with E-state index >= 15 is 0 Å². The topological polar surface area (TPSA) is 83.7 Å². The number of methoxy groups -OCH3 is 1. The average Bonchev–Trinajstić information content (AvgIpc) is 3.21. The fourth-order valence-corrected chi connectivity index (χ4v) is 3.60. The maximum atomic E-state index is 12.7. The van der Waals surface area contributed by atoms with Crippen LogP contribution in [0.3, 0.4) is 0 Å². The summed E-state index contributed by atoms with van der Waals surface area (Å²) in [5.74, 6) is 1.78. The van der Waals surface area contributed by atoms with Crippen LogP contribution in [0.1, 0.15) is 11.5 Å². The van der Waals surface area contributed by atoms with E-state index in [1.807, 2.05) is 35.2 Å². The van der Waals surface area contributed by atoms with Crippen molar-refractivity contribution in [2.45, 2.75) is 13.8 Å². The van der Waals surface area contributed by atoms with Crippen LogP contribution in [0.25, 0.3) is 11.4 Å². The number of nitrogens with one attached hydrogen (secondary N) is 1. The highest BCUT2D eigenvalue weighted by atomic mass is 16.5. The molecule has 0 bridgehead atoms. The second-order valence-electron chi connectivity index (χ2n) is 7.24. The molecule has 8 nitrogen and oxygen atoms in total. The van der Waals surface area contributed by atoms with Gasteiger partial charge in [-0.2, -0.15) is 4.98 Å². The van der Waals surface area contributed by atoms with Gasteiger partial charge in [-0.15, -0.1) is 0 Å². The average molecular weight is 407 g/mol. The molecule has 0 unspecified atom stereocenters. The summed E-state index contributed by atoms with van der Waals surface area (Å²) in [6.07, 6.45) is 0. The third-order valence-corrected chi connectivity index (χ3v) is 5.25. The van der Waals surface area contributed by atoms with Crippen molar-refractivity contribution in [3.05, 3.63) is 53.9 Å². The number of carbonyl (C=O) groups excluding carboxylic acids is 1. The predicted molar refractivity (Wildman–Crippen MR) is 115 cm³/mol. The number of benzene rings is 2. The van der Waals surface area contributed by atoms with Gasteiger partial charge in [0.1, 0.15) is 5.75 Å². The van der Waals surface area contributed by atoms with Crippen molar-refractivity contribution in [2.24, 2.45) is 0 Å². The molecule has 2 amide bonds. The second-order valence-corrected chi connectivity index (χ2v) is 7.24. The molecule has 4 rings (SSSR count). The first-order chi connectivity index (χ1) is 14.5. The molecule has 1 saturated heterocycles. The summed E-state index contributed by atoms with van der Waals surface area (Å²) in [5.41, 5.74) is 3.89. The van der Waals surface area contributed by atoms with Gasteiger partial charge in [-0.05, 0) is 30.7 Å². The number of nitrogens with zero attached hydrogens (tertiary/aromatic N) is 4. The smallest absolute Gasteiger partial charge is 0.322 e. The van der Waals surface area contributed by atoms with Gasteiger partial charge >= 0.3 is 6.03 Å². The molecule has 0 radical (unpaired) electrons. The molecule has 30 heavy (non-hydrogen) atoms. The van der Waals surface area contributed by atoms with Crippen molar-refractivity contribution in [3.63, 3.8) is 0 Å². The Morgan fingerprint density at radius 2 is 1.87 bits per heavy atom. The van der Waals surface area contributed by atoms with Gasteiger partial charge in [-0.25, -0.2) is 4.79 Å². The molecule has 1 aliphatic rings. The number of amides is 2. The van der Waals surface area contributed by atoms with E-state index < -0.39 is 0 Å². The molecule has 0 saturated carbocycles. The molecule has 3 aromatic rings. The van der Waals surface area contributed by atoms with Gasteiger partial charge in [0, 0.05) is 44.4 Å². The van der Waals surface area contributed by atoms with Crippen molar-refractivity contribution >= 4 is 17.4 Å². The minimum atomic E-state index is -0.119. The van der Waals surface area contributed by atoms with Gasteiger partial charge in [0.05, 0.1) is 12.8 Å². The van der Waals surface area contributed by atoms with E-state index in [0.717, 1.165) is 24.3 Å². The number of para-hydroxylation sites is 2. The molecule has 1 aromatic heterocycles. The number of rotatable bonds is 4. The van der Waals surface area contributed by atoms with Gasteiger partial charge < -0.3 is 24.4 Å². The van der Waals surface area contributed by atoms with Crippen LogP contribution >= 0.6 is 0 Å². The Balaban J connectivity index is 1.42. The highest BCUT2D eigenvalue weighted by Crippen LogP contribution is 2.28. The molecule has 1 N–H and O–H groups in total. The Morgan fingerprint density at radius 1 is 1.10 bits per heavy atom. The van der Waals surface area contributed by atoms with Crippen molar-refractivity contribution in [1.29, 1.82) is 0 Å². The van der Waals surface area contributed by atoms with Crippen molar-refractivity contribution in [2.75, 3.05) is 43.5 Å². The van der Waals surface area contributed by atoms with Crippen LogP contribution in [0.4, 0.5) is 16.2 Å². The van der Waals surface area contributed by atoms with E-state index in [1.54, 1.807) is 14.0 Å². The van der Waals surface area contributed by atoms with Crippen LogP contribution in [-0.4, -0.2) is 54.4 Å². The number of piperazine rings is 1. The normalized spacial score (nSPS) is 14.0. The highest BCUT2D eigenvalue weighted by molar-refractivity contribution is 5.91. The summed E-state index contributed by atoms with van der Waals surface area (Å²) < 4.78 is 10.4. The Bertz CT molecular complexity index is 1040. The van der Waals surface area contributed by atoms with E-state index in [4.69, 9.17) is 9.26 Å². The lowest BCUT2D eigenvalue weighted by molar-refractivity contribution is 0.208. The zero-order valence-corrected chi connectivity index (χ0v) is 17.4. The standard InChI is InChI=1S/C22H25N5O3/c1-15-8-9-17(21-23-16(2)30-25-21)14-19(15)26-10-12-27(13-11-26)22(28)24-18-6-4-5-7-20(18)29-3/h4-9,14H,10-13H2,1-3H3,(H,24,28). The van der Waals surface area contributed by atoms with Crippen molar-refractivity contribution in [3.8, 4) is 17.1 Å². The van der Waals surface area contributed by atoms with Crippen molar-refractivity contribution < 1.29 is 14.1 Å². The number of anilines is 2. The lowest BCUT2D eigenvalue weighted by Gasteiger charge is -2.37. The minimum Gasteiger partial charge on any atom is -0.495 e. The molecule has 1 fully saturated rings. The molecule has 2 aromatic carbocycles. The maximum absolute atomic E-state index is 12.7. The number of hydrogen-bond acceptors (Lipinski definition) is 6. The van der Waals surface area contributed by atoms with Crippen LogP contribution in [-0.2, 0) is 0 Å². The quantitative estimate of drug-likeness (QED) is 0.710. The number of carbonyl (C=O) groups is 1. The second kappa shape index (κ2) is 8.44. The van der Waals surface area contributed by atoms with Gasteiger partial charge in [-0.1, -0.05) is 29.4 Å². The largest absolute Gasteiger partial charge is 0.495 e. The third kappa shape index (κ3) is 4.07. The van der Waals surface area contributed by atoms with E-state index in [9.17, 15) is 4.79 Å². The molecule has 0 spiro atoms. The number of aromatic nitrogens is 2. The Labute approximate surface area is 175 Å². The monoisotopic (exact) mass is 407 g/mol. The number of urea groups is 1. The third-order valence-electron chi connectivity index (χ3n) is 5.25. The summed E-state index contributed by atoms with van der Waals surface area (Å²) in [5, 5.41) is 6.96. The van der Waals surface area contributed by atoms with Crippen LogP contribution in [0.5, 0.6) is 5.75 Å². The number of aryl methyl sites for hydroxylation is 2. The van der Waals surface area contributed by atoms with E-state index in [1.165, 1.54) is 5.56 Å². The van der Waals surface area contributed by atoms with E-state index in [2.05, 4.69) is 39.4 Å². The van der Waals surface area contributed by atoms with Crippen LogP contribution < -0.4 is 15.0 Å². The van der Waals surface area contributed by atoms with Crippen LogP contribution in [0.2, 0.25) is 0 Å². The Hall–Kier alpha value is -3.55. The lowest BCUT2D eigenvalue weighted by atomic mass is 10.1. The Kier molecular flexibility index (Phi) is 5.56. The molecule has 0 atom stereocenters. The fraction of sp³-hybridized carbons (Fsp3) is 0.318. The summed E-state index contributed by atoms with van der Waals surface area (Å²) in [6, 6.07) is 13.4. The summed E-state index contributed by atoms with van der Waals surface area (Å²) in [7, 11) is 1.59. The highest BCUT2D eigenvalue weighted by Gasteiger charge is 2.23. The SMILES string of the molecule is COc1ccccc1NC(=O)N1CCN(c2cc(-c3noc(C)n3)ccc2C)CC1. The minimum absolute atomic E-state index is 0.119. The van der Waals surface area contributed by atoms with Gasteiger partial charge in [-0.3, -0.25) is 0 Å². The van der Waals surface area contributed by atoms with Gasteiger partial charge in [0.15, 0.2) is 0 Å². The summed E-state index contributed by atoms with van der Waals surface area (Å²) >= 11 is 0. The zero-order chi connectivity index (χ0) is 21.1. The van der Waals surface area contributed by atoms with E-state index in [0.29, 0.717) is 36.2 Å². The van der Waals surface area contributed by atoms with E-state index in [-0.39, 0.29) is 6.03 Å². The maximum Gasteiger partial charge on any atom is 0.322 e. The van der Waals surface area contributed by atoms with Gasteiger partial charge in [0.2, 0.25) is 11.7 Å². The first-order valence-corrected chi connectivity index (χ1v) is 9.90. The van der Waals surface area contributed by atoms with Crippen molar-refractivity contribution in [1.82, 2.24) is 15.0 Å². The first-order valence-electron chi connectivity index (χ1n) is 9.90. The summed E-state index contributed by atoms with van der Waals surface area (Å²) in [6.45, 7) is 6.62. The van der Waals surface area contributed by atoms with Crippen LogP contribution in [0.15, 0.2) is 47.0 Å². The predicted octanol–water partition coefficient (Wildman–Crippen LogP) is 3.72. The molecule has 2 heterocycles. The molecule has 8 heteroatoms. The molecular weight excluding hydrogens is 382 g/mol. The van der Waals surface area contributed by atoms with Gasteiger partial charge in [0.25, 0.3) is 0 Å². The number of hydrogen-bond donors (Lipinski definition) is 1.